The summed E-state index contributed by atoms with van der Waals surface area (Å²) in [6.45, 7) is 7.30. The van der Waals surface area contributed by atoms with Crippen LogP contribution in [0.3, 0.4) is 0 Å². The number of ether oxygens (including phenoxy) is 3. The van der Waals surface area contributed by atoms with Crippen LogP contribution in [0.2, 0.25) is 0 Å². The zero-order valence-electron chi connectivity index (χ0n) is 22.8. The molecule has 10 atom stereocenters. The van der Waals surface area contributed by atoms with E-state index in [1.54, 1.807) is 44.2 Å². The Labute approximate surface area is 227 Å². The molecule has 3 aliphatic carbocycles. The van der Waals surface area contributed by atoms with Crippen LogP contribution in [0.15, 0.2) is 41.5 Å². The maximum Gasteiger partial charge on any atom is 0.338 e. The molecule has 0 unspecified atom stereocenters. The third-order valence-corrected chi connectivity index (χ3v) is 10.0. The first kappa shape index (κ1) is 28.2. The van der Waals surface area contributed by atoms with Gasteiger partial charge in [0, 0.05) is 18.8 Å². The van der Waals surface area contributed by atoms with Gasteiger partial charge in [0.25, 0.3) is 0 Å². The van der Waals surface area contributed by atoms with Crippen molar-refractivity contribution in [2.24, 2.45) is 16.7 Å². The topological polar surface area (TPSA) is 163 Å². The molecular formula is C29H38O10. The minimum absolute atomic E-state index is 0.000412. The van der Waals surface area contributed by atoms with Crippen LogP contribution < -0.4 is 0 Å². The fraction of sp³-hybridized carbons (Fsp3) is 0.655. The Morgan fingerprint density at radius 2 is 1.74 bits per heavy atom. The molecule has 2 saturated carbocycles. The molecule has 10 heteroatoms. The zero-order valence-corrected chi connectivity index (χ0v) is 22.8. The molecule has 1 aromatic carbocycles. The Morgan fingerprint density at radius 3 is 2.28 bits per heavy atom. The van der Waals surface area contributed by atoms with Crippen molar-refractivity contribution in [2.75, 3.05) is 6.61 Å². The van der Waals surface area contributed by atoms with Crippen LogP contribution in [0.25, 0.3) is 0 Å². The van der Waals surface area contributed by atoms with E-state index in [-0.39, 0.29) is 30.6 Å². The molecule has 0 aromatic heterocycles. The molecule has 0 amide bonds. The van der Waals surface area contributed by atoms with Crippen LogP contribution in [0, 0.1) is 16.7 Å². The van der Waals surface area contributed by atoms with Crippen molar-refractivity contribution in [3.8, 4) is 0 Å². The van der Waals surface area contributed by atoms with Crippen molar-refractivity contribution in [2.45, 2.75) is 95.3 Å². The predicted octanol–water partition coefficient (Wildman–Crippen LogP) is 0.874. The SMILES string of the molecule is CC(=O)O[C@@]12CO[C@@H]1C[C@H](O)[C@]1(C)[C@@H]2[C@H](OC(=O)c2ccccc2)[C@]2(C(C)(C)O)C[C@H](O)C(C)=C2[C@@H](O)[C@@H]1O. The molecule has 5 rings (SSSR count). The van der Waals surface area contributed by atoms with E-state index in [2.05, 4.69) is 0 Å². The summed E-state index contributed by atoms with van der Waals surface area (Å²) < 4.78 is 18.0. The minimum Gasteiger partial charge on any atom is -0.457 e. The third-order valence-electron chi connectivity index (χ3n) is 10.0. The number of fused-ring (bicyclic) bond motifs is 4. The lowest BCUT2D eigenvalue weighted by molar-refractivity contribution is -0.351. The normalized spacial score (nSPS) is 43.4. The fourth-order valence-electron chi connectivity index (χ4n) is 8.01. The number of hydrogen-bond donors (Lipinski definition) is 5. The van der Waals surface area contributed by atoms with Gasteiger partial charge in [-0.2, -0.15) is 0 Å². The molecule has 1 heterocycles. The Bertz CT molecular complexity index is 1190. The summed E-state index contributed by atoms with van der Waals surface area (Å²) >= 11 is 0. The second-order valence-electron chi connectivity index (χ2n) is 12.4. The van der Waals surface area contributed by atoms with Crippen LogP contribution in [-0.4, -0.2) is 91.9 Å². The highest BCUT2D eigenvalue weighted by atomic mass is 16.6. The molecule has 0 spiro atoms. The van der Waals surface area contributed by atoms with Crippen molar-refractivity contribution in [3.05, 3.63) is 47.0 Å². The van der Waals surface area contributed by atoms with E-state index in [4.69, 9.17) is 14.2 Å². The first-order chi connectivity index (χ1) is 18.1. The largest absolute Gasteiger partial charge is 0.457 e. The average Bonchev–Trinajstić information content (AvgIpc) is 3.11. The van der Waals surface area contributed by atoms with E-state index >= 15 is 0 Å². The van der Waals surface area contributed by atoms with Gasteiger partial charge in [0.15, 0.2) is 5.60 Å². The van der Waals surface area contributed by atoms with Crippen molar-refractivity contribution >= 4 is 11.9 Å². The lowest BCUT2D eigenvalue weighted by Crippen LogP contribution is -2.78. The maximum absolute atomic E-state index is 13.7. The average molecular weight is 547 g/mol. The lowest BCUT2D eigenvalue weighted by atomic mass is 9.49. The highest BCUT2D eigenvalue weighted by molar-refractivity contribution is 5.89. The van der Waals surface area contributed by atoms with Gasteiger partial charge in [0.05, 0.1) is 47.4 Å². The zero-order chi connectivity index (χ0) is 28.7. The number of esters is 2. The molecule has 1 saturated heterocycles. The van der Waals surface area contributed by atoms with Gasteiger partial charge in [-0.15, -0.1) is 0 Å². The first-order valence-corrected chi connectivity index (χ1v) is 13.4. The van der Waals surface area contributed by atoms with Crippen molar-refractivity contribution in [3.63, 3.8) is 0 Å². The summed E-state index contributed by atoms with van der Waals surface area (Å²) in [5.41, 5.74) is -5.68. The second-order valence-corrected chi connectivity index (χ2v) is 12.4. The maximum atomic E-state index is 13.7. The molecule has 10 nitrogen and oxygen atoms in total. The molecule has 0 bridgehead atoms. The fourth-order valence-corrected chi connectivity index (χ4v) is 8.01. The summed E-state index contributed by atoms with van der Waals surface area (Å²) in [4.78, 5) is 26.2. The summed E-state index contributed by atoms with van der Waals surface area (Å²) in [5, 5.41) is 58.1. The van der Waals surface area contributed by atoms with Gasteiger partial charge in [0.2, 0.25) is 0 Å². The van der Waals surface area contributed by atoms with Gasteiger partial charge < -0.3 is 39.7 Å². The standard InChI is InChI=1S/C29H38O10/c1-14-17(31)12-28(26(3,4)36)20(14)21(33)23(34)27(5)18(32)11-19-29(13-37-19,39-15(2)30)22(27)24(28)38-25(35)16-9-7-6-8-10-16/h6-10,17-19,21-24,31-34,36H,11-13H2,1-5H3/t17-,18-,19+,21+,22-,23-,24-,27+,28-,29-/m0/s1. The smallest absolute Gasteiger partial charge is 0.338 e. The molecule has 39 heavy (non-hydrogen) atoms. The Hall–Kier alpha value is -2.34. The van der Waals surface area contributed by atoms with Crippen molar-refractivity contribution in [1.29, 1.82) is 0 Å². The van der Waals surface area contributed by atoms with Crippen LogP contribution in [0.4, 0.5) is 0 Å². The first-order valence-electron chi connectivity index (χ1n) is 13.4. The molecule has 4 aliphatic rings. The molecule has 1 aliphatic heterocycles. The summed E-state index contributed by atoms with van der Waals surface area (Å²) in [7, 11) is 0. The molecule has 214 valence electrons. The second kappa shape index (κ2) is 9.09. The number of aliphatic hydroxyl groups is 5. The van der Waals surface area contributed by atoms with Crippen LogP contribution in [0.1, 0.15) is 57.8 Å². The molecule has 0 radical (unpaired) electrons. The quantitative estimate of drug-likeness (QED) is 0.271. The van der Waals surface area contributed by atoms with Crippen molar-refractivity contribution in [1.82, 2.24) is 0 Å². The third kappa shape index (κ3) is 3.69. The molecule has 3 fully saturated rings. The van der Waals surface area contributed by atoms with Gasteiger partial charge in [-0.1, -0.05) is 25.1 Å². The number of benzene rings is 1. The number of carbonyl (C=O) groups excluding carboxylic acids is 2. The number of carbonyl (C=O) groups is 2. The van der Waals surface area contributed by atoms with Crippen LogP contribution in [0.5, 0.6) is 0 Å². The van der Waals surface area contributed by atoms with Gasteiger partial charge in [-0.05, 0) is 50.5 Å². The van der Waals surface area contributed by atoms with E-state index in [0.29, 0.717) is 5.57 Å². The number of hydrogen-bond acceptors (Lipinski definition) is 10. The Balaban J connectivity index is 1.83. The molecule has 1 aromatic rings. The van der Waals surface area contributed by atoms with Gasteiger partial charge >= 0.3 is 11.9 Å². The monoisotopic (exact) mass is 546 g/mol. The van der Waals surface area contributed by atoms with E-state index in [1.807, 2.05) is 0 Å². The van der Waals surface area contributed by atoms with Crippen LogP contribution >= 0.6 is 0 Å². The lowest BCUT2D eigenvalue weighted by Gasteiger charge is -2.65. The summed E-state index contributed by atoms with van der Waals surface area (Å²) in [5.74, 6) is -2.52. The van der Waals surface area contributed by atoms with Gasteiger partial charge in [-0.25, -0.2) is 4.79 Å². The van der Waals surface area contributed by atoms with E-state index in [1.165, 1.54) is 20.8 Å². The van der Waals surface area contributed by atoms with Crippen molar-refractivity contribution < 1.29 is 49.3 Å². The summed E-state index contributed by atoms with van der Waals surface area (Å²) in [6.07, 6.45) is -7.95. The Morgan fingerprint density at radius 1 is 1.10 bits per heavy atom. The highest BCUT2D eigenvalue weighted by Gasteiger charge is 2.78. The van der Waals surface area contributed by atoms with Crippen LogP contribution in [-0.2, 0) is 19.0 Å². The minimum atomic E-state index is -1.73. The predicted molar refractivity (Wildman–Crippen MR) is 136 cm³/mol. The van der Waals surface area contributed by atoms with E-state index in [9.17, 15) is 35.1 Å². The molecular weight excluding hydrogens is 508 g/mol. The van der Waals surface area contributed by atoms with E-state index < -0.39 is 76.5 Å². The van der Waals surface area contributed by atoms with Gasteiger partial charge in [-0.3, -0.25) is 4.79 Å². The Kier molecular flexibility index (Phi) is 6.57. The molecule has 5 N–H and O–H groups in total. The summed E-state index contributed by atoms with van der Waals surface area (Å²) in [6, 6.07) is 8.21. The number of aliphatic hydroxyl groups excluding tert-OH is 4. The number of rotatable bonds is 4. The van der Waals surface area contributed by atoms with E-state index in [0.717, 1.165) is 0 Å². The highest BCUT2D eigenvalue weighted by Crippen LogP contribution is 2.67. The van der Waals surface area contributed by atoms with Gasteiger partial charge in [0.1, 0.15) is 18.3 Å².